The van der Waals surface area contributed by atoms with E-state index in [4.69, 9.17) is 10.5 Å². The predicted molar refractivity (Wildman–Crippen MR) is 103 cm³/mol. The summed E-state index contributed by atoms with van der Waals surface area (Å²) < 4.78 is 5.79. The van der Waals surface area contributed by atoms with Crippen LogP contribution < -0.4 is 10.5 Å². The average molecular weight is 364 g/mol. The van der Waals surface area contributed by atoms with Gasteiger partial charge >= 0.3 is 0 Å². The van der Waals surface area contributed by atoms with Crippen LogP contribution in [0.1, 0.15) is 37.7 Å². The Kier molecular flexibility index (Phi) is 8.88. The standard InChI is InChI=1S/C20H33N3O3/c1-22(12-9-20(21)25)14-17-7-6-8-19(13-17)26-16-18(24)15-23-10-4-2-3-5-11-23/h6-8,13,18,24H,2-5,9-12,14-16H2,1H3,(H2,21,25). The van der Waals surface area contributed by atoms with Gasteiger partial charge in [0.15, 0.2) is 0 Å². The Hall–Kier alpha value is -1.63. The molecular formula is C20H33N3O3. The topological polar surface area (TPSA) is 79.0 Å². The molecule has 0 saturated carbocycles. The number of nitrogens with two attached hydrogens (primary N) is 1. The van der Waals surface area contributed by atoms with Crippen molar-refractivity contribution in [3.63, 3.8) is 0 Å². The largest absolute Gasteiger partial charge is 0.491 e. The van der Waals surface area contributed by atoms with Crippen LogP contribution in [0.25, 0.3) is 0 Å². The number of aliphatic hydroxyl groups is 1. The summed E-state index contributed by atoms with van der Waals surface area (Å²) in [6.45, 7) is 4.48. The van der Waals surface area contributed by atoms with Gasteiger partial charge in [0.25, 0.3) is 0 Å². The molecule has 1 aromatic carbocycles. The van der Waals surface area contributed by atoms with E-state index in [1.54, 1.807) is 0 Å². The third-order valence-electron chi connectivity index (χ3n) is 4.70. The van der Waals surface area contributed by atoms with E-state index < -0.39 is 6.10 Å². The molecule has 1 unspecified atom stereocenters. The van der Waals surface area contributed by atoms with Crippen LogP contribution in [0.15, 0.2) is 24.3 Å². The molecule has 1 aliphatic heterocycles. The van der Waals surface area contributed by atoms with Gasteiger partial charge in [-0.25, -0.2) is 0 Å². The van der Waals surface area contributed by atoms with E-state index in [0.717, 1.165) is 30.9 Å². The average Bonchev–Trinajstić information content (AvgIpc) is 2.87. The fraction of sp³-hybridized carbons (Fsp3) is 0.650. The highest BCUT2D eigenvalue weighted by Gasteiger charge is 2.14. The summed E-state index contributed by atoms with van der Waals surface area (Å²) in [7, 11) is 1.96. The quantitative estimate of drug-likeness (QED) is 0.660. The van der Waals surface area contributed by atoms with Gasteiger partial charge in [-0.15, -0.1) is 0 Å². The Morgan fingerprint density at radius 2 is 2.04 bits per heavy atom. The van der Waals surface area contributed by atoms with Crippen molar-refractivity contribution < 1.29 is 14.6 Å². The second-order valence-corrected chi connectivity index (χ2v) is 7.28. The molecule has 26 heavy (non-hydrogen) atoms. The number of ether oxygens (including phenoxy) is 1. The van der Waals surface area contributed by atoms with E-state index >= 15 is 0 Å². The van der Waals surface area contributed by atoms with Crippen molar-refractivity contribution in [1.29, 1.82) is 0 Å². The second-order valence-electron chi connectivity index (χ2n) is 7.28. The molecule has 1 atom stereocenters. The fourth-order valence-corrected chi connectivity index (χ4v) is 3.29. The first-order valence-electron chi connectivity index (χ1n) is 9.62. The van der Waals surface area contributed by atoms with Crippen molar-refractivity contribution in [3.05, 3.63) is 29.8 Å². The van der Waals surface area contributed by atoms with E-state index in [1.165, 1.54) is 25.7 Å². The minimum Gasteiger partial charge on any atom is -0.491 e. The number of aliphatic hydroxyl groups excluding tert-OH is 1. The number of rotatable bonds is 10. The van der Waals surface area contributed by atoms with Gasteiger partial charge in [0, 0.05) is 26.1 Å². The number of hydrogen-bond donors (Lipinski definition) is 2. The first-order chi connectivity index (χ1) is 12.5. The smallest absolute Gasteiger partial charge is 0.218 e. The Labute approximate surface area is 156 Å². The first-order valence-corrected chi connectivity index (χ1v) is 9.62. The monoisotopic (exact) mass is 363 g/mol. The maximum absolute atomic E-state index is 10.9. The summed E-state index contributed by atoms with van der Waals surface area (Å²) in [5.41, 5.74) is 6.30. The maximum atomic E-state index is 10.9. The number of amides is 1. The summed E-state index contributed by atoms with van der Waals surface area (Å²) in [5, 5.41) is 10.3. The second kappa shape index (κ2) is 11.2. The molecule has 1 fully saturated rings. The van der Waals surface area contributed by atoms with Crippen molar-refractivity contribution in [2.24, 2.45) is 5.73 Å². The van der Waals surface area contributed by atoms with Crippen molar-refractivity contribution in [2.45, 2.75) is 44.8 Å². The Balaban J connectivity index is 1.75. The number of likely N-dealkylation sites (tertiary alicyclic amines) is 1. The van der Waals surface area contributed by atoms with Crippen LogP contribution in [0, 0.1) is 0 Å². The number of primary amides is 1. The SMILES string of the molecule is CN(CCC(N)=O)Cc1cccc(OCC(O)CN2CCCCCC2)c1. The molecule has 1 aromatic rings. The van der Waals surface area contributed by atoms with Crippen LogP contribution >= 0.6 is 0 Å². The normalized spacial score (nSPS) is 17.0. The molecule has 1 heterocycles. The van der Waals surface area contributed by atoms with Gasteiger partial charge in [-0.1, -0.05) is 25.0 Å². The fourth-order valence-electron chi connectivity index (χ4n) is 3.29. The van der Waals surface area contributed by atoms with E-state index in [2.05, 4.69) is 9.80 Å². The number of carbonyl (C=O) groups is 1. The Morgan fingerprint density at radius 1 is 1.31 bits per heavy atom. The Bertz CT molecular complexity index is 545. The number of carbonyl (C=O) groups excluding carboxylic acids is 1. The third-order valence-corrected chi connectivity index (χ3v) is 4.70. The summed E-state index contributed by atoms with van der Waals surface area (Å²) in [6, 6.07) is 7.88. The molecule has 1 aliphatic rings. The summed E-state index contributed by atoms with van der Waals surface area (Å²) in [4.78, 5) is 15.3. The molecule has 3 N–H and O–H groups in total. The zero-order valence-corrected chi connectivity index (χ0v) is 15.9. The highest BCUT2D eigenvalue weighted by atomic mass is 16.5. The van der Waals surface area contributed by atoms with Crippen LogP contribution in [-0.2, 0) is 11.3 Å². The molecular weight excluding hydrogens is 330 g/mol. The van der Waals surface area contributed by atoms with Gasteiger partial charge in [-0.2, -0.15) is 0 Å². The molecule has 6 heteroatoms. The summed E-state index contributed by atoms with van der Waals surface area (Å²) in [6.07, 6.45) is 4.91. The number of benzene rings is 1. The van der Waals surface area contributed by atoms with Crippen molar-refractivity contribution >= 4 is 5.91 Å². The van der Waals surface area contributed by atoms with Gasteiger partial charge in [0.05, 0.1) is 0 Å². The number of nitrogens with zero attached hydrogens (tertiary/aromatic N) is 2. The highest BCUT2D eigenvalue weighted by Crippen LogP contribution is 2.16. The minimum absolute atomic E-state index is 0.285. The zero-order chi connectivity index (χ0) is 18.8. The lowest BCUT2D eigenvalue weighted by molar-refractivity contribution is -0.118. The van der Waals surface area contributed by atoms with Crippen LogP contribution in [0.5, 0.6) is 5.75 Å². The molecule has 146 valence electrons. The van der Waals surface area contributed by atoms with Crippen LogP contribution in [0.3, 0.4) is 0 Å². The van der Waals surface area contributed by atoms with E-state index in [9.17, 15) is 9.90 Å². The lowest BCUT2D eigenvalue weighted by Crippen LogP contribution is -2.36. The summed E-state index contributed by atoms with van der Waals surface area (Å²) in [5.74, 6) is 0.480. The van der Waals surface area contributed by atoms with Gasteiger partial charge in [-0.3, -0.25) is 4.79 Å². The molecule has 1 amide bonds. The Morgan fingerprint density at radius 3 is 2.73 bits per heavy atom. The van der Waals surface area contributed by atoms with E-state index in [-0.39, 0.29) is 5.91 Å². The lowest BCUT2D eigenvalue weighted by atomic mass is 10.2. The first kappa shape index (κ1) is 20.7. The molecule has 0 radical (unpaired) electrons. The molecule has 0 aliphatic carbocycles. The van der Waals surface area contributed by atoms with E-state index in [1.807, 2.05) is 31.3 Å². The van der Waals surface area contributed by atoms with Gasteiger partial charge < -0.3 is 25.4 Å². The van der Waals surface area contributed by atoms with Crippen molar-refractivity contribution in [1.82, 2.24) is 9.80 Å². The molecule has 6 nitrogen and oxygen atoms in total. The van der Waals surface area contributed by atoms with Gasteiger partial charge in [-0.05, 0) is 50.7 Å². The maximum Gasteiger partial charge on any atom is 0.218 e. The van der Waals surface area contributed by atoms with Gasteiger partial charge in [0.1, 0.15) is 18.5 Å². The van der Waals surface area contributed by atoms with Crippen molar-refractivity contribution in [2.75, 3.05) is 39.8 Å². The van der Waals surface area contributed by atoms with Crippen LogP contribution in [0.2, 0.25) is 0 Å². The lowest BCUT2D eigenvalue weighted by Gasteiger charge is -2.23. The molecule has 0 spiro atoms. The van der Waals surface area contributed by atoms with E-state index in [0.29, 0.717) is 26.1 Å². The van der Waals surface area contributed by atoms with Gasteiger partial charge in [0.2, 0.25) is 5.91 Å². The molecule has 0 aromatic heterocycles. The summed E-state index contributed by atoms with van der Waals surface area (Å²) >= 11 is 0. The third kappa shape index (κ3) is 8.17. The van der Waals surface area contributed by atoms with Crippen molar-refractivity contribution in [3.8, 4) is 5.75 Å². The predicted octanol–water partition coefficient (Wildman–Crippen LogP) is 1.61. The molecule has 1 saturated heterocycles. The zero-order valence-electron chi connectivity index (χ0n) is 15.9. The molecule has 0 bridgehead atoms. The van der Waals surface area contributed by atoms with Crippen LogP contribution in [0.4, 0.5) is 0 Å². The number of hydrogen-bond acceptors (Lipinski definition) is 5. The number of β-amino-alcohol motifs (C(OH)–C–C–N with tert-alkyl or cyclic N) is 1. The highest BCUT2D eigenvalue weighted by molar-refractivity contribution is 5.73. The van der Waals surface area contributed by atoms with Crippen LogP contribution in [-0.4, -0.2) is 66.8 Å². The molecule has 2 rings (SSSR count). The minimum atomic E-state index is -0.477.